The van der Waals surface area contributed by atoms with Crippen molar-refractivity contribution >= 4 is 11.8 Å². The van der Waals surface area contributed by atoms with Crippen LogP contribution in [-0.4, -0.2) is 21.2 Å². The standard InChI is InChI=1S/C12H13N3O3/c1-7-9(8(2)18-15-7)6-13-11-5-3-4-10(14-11)12(16)17/h3-5H,6H2,1-2H3,(H,13,14)(H,16,17). The summed E-state index contributed by atoms with van der Waals surface area (Å²) < 4.78 is 5.04. The Kier molecular flexibility index (Phi) is 3.27. The highest BCUT2D eigenvalue weighted by molar-refractivity contribution is 5.85. The molecule has 0 aliphatic heterocycles. The van der Waals surface area contributed by atoms with Crippen LogP contribution >= 0.6 is 0 Å². The molecule has 0 atom stereocenters. The average molecular weight is 247 g/mol. The first-order chi connectivity index (χ1) is 8.58. The van der Waals surface area contributed by atoms with Gasteiger partial charge in [0, 0.05) is 12.1 Å². The molecule has 0 saturated carbocycles. The van der Waals surface area contributed by atoms with Crippen molar-refractivity contribution in [3.05, 3.63) is 40.9 Å². The van der Waals surface area contributed by atoms with Crippen LogP contribution in [0.3, 0.4) is 0 Å². The second-order valence-corrected chi connectivity index (χ2v) is 3.87. The third kappa shape index (κ3) is 2.48. The Morgan fingerprint density at radius 2 is 2.22 bits per heavy atom. The van der Waals surface area contributed by atoms with Crippen LogP contribution in [0.1, 0.15) is 27.5 Å². The first-order valence-corrected chi connectivity index (χ1v) is 5.44. The third-order valence-corrected chi connectivity index (χ3v) is 2.60. The minimum Gasteiger partial charge on any atom is -0.477 e. The Morgan fingerprint density at radius 3 is 2.83 bits per heavy atom. The van der Waals surface area contributed by atoms with Gasteiger partial charge in [0.1, 0.15) is 11.6 Å². The van der Waals surface area contributed by atoms with Crippen molar-refractivity contribution in [2.45, 2.75) is 20.4 Å². The average Bonchev–Trinajstić information content (AvgIpc) is 2.67. The molecule has 0 unspecified atom stereocenters. The normalized spacial score (nSPS) is 10.3. The lowest BCUT2D eigenvalue weighted by molar-refractivity contribution is 0.0690. The molecule has 0 spiro atoms. The first kappa shape index (κ1) is 12.1. The van der Waals surface area contributed by atoms with Crippen molar-refractivity contribution in [3.8, 4) is 0 Å². The first-order valence-electron chi connectivity index (χ1n) is 5.44. The fourth-order valence-corrected chi connectivity index (χ4v) is 1.59. The van der Waals surface area contributed by atoms with Gasteiger partial charge < -0.3 is 14.9 Å². The molecule has 0 saturated heterocycles. The molecule has 0 aliphatic rings. The van der Waals surface area contributed by atoms with E-state index in [-0.39, 0.29) is 5.69 Å². The van der Waals surface area contributed by atoms with Gasteiger partial charge in [-0.05, 0) is 26.0 Å². The molecule has 2 rings (SSSR count). The lowest BCUT2D eigenvalue weighted by Gasteiger charge is -2.05. The van der Waals surface area contributed by atoms with Crippen LogP contribution in [0.4, 0.5) is 5.82 Å². The molecule has 2 N–H and O–H groups in total. The van der Waals surface area contributed by atoms with Gasteiger partial charge in [-0.15, -0.1) is 0 Å². The summed E-state index contributed by atoms with van der Waals surface area (Å²) in [6, 6.07) is 4.81. The molecular formula is C12H13N3O3. The quantitative estimate of drug-likeness (QED) is 0.859. The second kappa shape index (κ2) is 4.87. The maximum Gasteiger partial charge on any atom is 0.354 e. The van der Waals surface area contributed by atoms with Crippen LogP contribution in [0.25, 0.3) is 0 Å². The minimum atomic E-state index is -1.05. The van der Waals surface area contributed by atoms with Gasteiger partial charge >= 0.3 is 5.97 Å². The zero-order chi connectivity index (χ0) is 13.1. The summed E-state index contributed by atoms with van der Waals surface area (Å²) in [5.41, 5.74) is 1.78. The van der Waals surface area contributed by atoms with Gasteiger partial charge in [0.15, 0.2) is 5.69 Å². The number of pyridine rings is 1. The summed E-state index contributed by atoms with van der Waals surface area (Å²) >= 11 is 0. The number of nitrogens with zero attached hydrogens (tertiary/aromatic N) is 2. The van der Waals surface area contributed by atoms with Crippen molar-refractivity contribution < 1.29 is 14.4 Å². The van der Waals surface area contributed by atoms with E-state index in [0.717, 1.165) is 17.0 Å². The Balaban J connectivity index is 2.11. The Hall–Kier alpha value is -2.37. The van der Waals surface area contributed by atoms with Crippen LogP contribution in [-0.2, 0) is 6.54 Å². The number of aromatic carboxylic acids is 1. The molecule has 2 aromatic heterocycles. The number of aryl methyl sites for hydroxylation is 2. The molecular weight excluding hydrogens is 234 g/mol. The van der Waals surface area contributed by atoms with Crippen LogP contribution in [0.5, 0.6) is 0 Å². The van der Waals surface area contributed by atoms with Crippen molar-refractivity contribution in [1.29, 1.82) is 0 Å². The highest BCUT2D eigenvalue weighted by Gasteiger charge is 2.09. The van der Waals surface area contributed by atoms with Gasteiger partial charge in [-0.3, -0.25) is 0 Å². The van der Waals surface area contributed by atoms with Gasteiger partial charge in [0.25, 0.3) is 0 Å². The third-order valence-electron chi connectivity index (χ3n) is 2.60. The lowest BCUT2D eigenvalue weighted by Crippen LogP contribution is -2.06. The summed E-state index contributed by atoms with van der Waals surface area (Å²) in [7, 11) is 0. The molecule has 0 fully saturated rings. The second-order valence-electron chi connectivity index (χ2n) is 3.87. The molecule has 94 valence electrons. The number of hydrogen-bond donors (Lipinski definition) is 2. The van der Waals surface area contributed by atoms with Gasteiger partial charge in [0.05, 0.1) is 5.69 Å². The van der Waals surface area contributed by atoms with E-state index in [1.807, 2.05) is 13.8 Å². The summed E-state index contributed by atoms with van der Waals surface area (Å²) in [4.78, 5) is 14.7. The fraction of sp³-hybridized carbons (Fsp3) is 0.250. The van der Waals surface area contributed by atoms with Crippen molar-refractivity contribution in [3.63, 3.8) is 0 Å². The van der Waals surface area contributed by atoms with Crippen molar-refractivity contribution in [1.82, 2.24) is 10.1 Å². The van der Waals surface area contributed by atoms with Crippen molar-refractivity contribution in [2.24, 2.45) is 0 Å². The van der Waals surface area contributed by atoms with E-state index < -0.39 is 5.97 Å². The van der Waals surface area contributed by atoms with Gasteiger partial charge in [-0.25, -0.2) is 9.78 Å². The van der Waals surface area contributed by atoms with Crippen LogP contribution < -0.4 is 5.32 Å². The number of hydrogen-bond acceptors (Lipinski definition) is 5. The van der Waals surface area contributed by atoms with Crippen LogP contribution in [0, 0.1) is 13.8 Å². The largest absolute Gasteiger partial charge is 0.477 e. The molecule has 2 heterocycles. The van der Waals surface area contributed by atoms with E-state index in [0.29, 0.717) is 12.4 Å². The van der Waals surface area contributed by atoms with E-state index in [2.05, 4.69) is 15.5 Å². The van der Waals surface area contributed by atoms with Crippen LogP contribution in [0.15, 0.2) is 22.7 Å². The number of carboxylic acids is 1. The summed E-state index contributed by atoms with van der Waals surface area (Å²) in [5, 5.41) is 15.7. The lowest BCUT2D eigenvalue weighted by atomic mass is 10.2. The molecule has 0 radical (unpaired) electrons. The molecule has 6 heteroatoms. The highest BCUT2D eigenvalue weighted by atomic mass is 16.5. The summed E-state index contributed by atoms with van der Waals surface area (Å²) in [6.45, 7) is 4.18. The van der Waals surface area contributed by atoms with Gasteiger partial charge in [-0.2, -0.15) is 0 Å². The fourth-order valence-electron chi connectivity index (χ4n) is 1.59. The van der Waals surface area contributed by atoms with E-state index >= 15 is 0 Å². The number of nitrogens with one attached hydrogen (secondary N) is 1. The predicted octanol–water partition coefficient (Wildman–Crippen LogP) is 2.00. The van der Waals surface area contributed by atoms with E-state index in [9.17, 15) is 4.79 Å². The Morgan fingerprint density at radius 1 is 1.44 bits per heavy atom. The number of rotatable bonds is 4. The molecule has 0 amide bonds. The zero-order valence-corrected chi connectivity index (χ0v) is 10.1. The molecule has 6 nitrogen and oxygen atoms in total. The molecule has 0 aromatic carbocycles. The molecule has 0 bridgehead atoms. The smallest absolute Gasteiger partial charge is 0.354 e. The summed E-state index contributed by atoms with van der Waals surface area (Å²) in [6.07, 6.45) is 0. The number of carbonyl (C=O) groups is 1. The topological polar surface area (TPSA) is 88.2 Å². The van der Waals surface area contributed by atoms with Crippen molar-refractivity contribution in [2.75, 3.05) is 5.32 Å². The number of aromatic nitrogens is 2. The Bertz CT molecular complexity index is 558. The molecule has 2 aromatic rings. The van der Waals surface area contributed by atoms with Crippen LogP contribution in [0.2, 0.25) is 0 Å². The summed E-state index contributed by atoms with van der Waals surface area (Å²) in [5.74, 6) is 0.209. The van der Waals surface area contributed by atoms with Gasteiger partial charge in [0.2, 0.25) is 0 Å². The highest BCUT2D eigenvalue weighted by Crippen LogP contribution is 2.14. The number of carboxylic acid groups (broad SMARTS) is 1. The SMILES string of the molecule is Cc1noc(C)c1CNc1cccc(C(=O)O)n1. The maximum atomic E-state index is 10.8. The molecule has 0 aliphatic carbocycles. The zero-order valence-electron chi connectivity index (χ0n) is 10.1. The monoisotopic (exact) mass is 247 g/mol. The van der Waals surface area contributed by atoms with E-state index in [1.165, 1.54) is 6.07 Å². The van der Waals surface area contributed by atoms with E-state index in [4.69, 9.17) is 9.63 Å². The molecule has 18 heavy (non-hydrogen) atoms. The maximum absolute atomic E-state index is 10.8. The van der Waals surface area contributed by atoms with Gasteiger partial charge in [-0.1, -0.05) is 11.2 Å². The minimum absolute atomic E-state index is 0.0127. The number of anilines is 1. The Labute approximate surface area is 104 Å². The van der Waals surface area contributed by atoms with E-state index in [1.54, 1.807) is 12.1 Å². The predicted molar refractivity (Wildman–Crippen MR) is 64.5 cm³/mol.